The number of carbonyl (C=O) groups excluding carboxylic acids is 3. The van der Waals surface area contributed by atoms with Crippen molar-refractivity contribution in [1.82, 2.24) is 9.47 Å². The van der Waals surface area contributed by atoms with Gasteiger partial charge in [-0.3, -0.25) is 4.79 Å². The number of aromatic nitrogens is 2. The smallest absolute Gasteiger partial charge is 0.331 e. The number of aryl methyl sites for hydroxylation is 3. The predicted molar refractivity (Wildman–Crippen MR) is 157 cm³/mol. The van der Waals surface area contributed by atoms with E-state index in [1.54, 1.807) is 0 Å². The number of rotatable bonds is 10. The zero-order valence-corrected chi connectivity index (χ0v) is 25.1. The number of aliphatic hydroxyl groups is 1. The van der Waals surface area contributed by atoms with E-state index in [9.17, 15) is 24.6 Å². The second-order valence-corrected chi connectivity index (χ2v) is 11.8. The lowest BCUT2D eigenvalue weighted by Crippen LogP contribution is -2.64. The highest BCUT2D eigenvalue weighted by molar-refractivity contribution is 6.08. The number of carboxylic acid groups (broad SMARTS) is 1. The van der Waals surface area contributed by atoms with Gasteiger partial charge in [-0.1, -0.05) is 37.3 Å². The summed E-state index contributed by atoms with van der Waals surface area (Å²) in [4.78, 5) is 38.6. The molecule has 2 aromatic carbocycles. The van der Waals surface area contributed by atoms with Crippen molar-refractivity contribution in [3.63, 3.8) is 0 Å². The summed E-state index contributed by atoms with van der Waals surface area (Å²) in [6, 6.07) is 11.3. The molecule has 10 heteroatoms. The van der Waals surface area contributed by atoms with Gasteiger partial charge in [-0.25, -0.2) is 13.9 Å². The maximum Gasteiger partial charge on any atom is 0.331 e. The first-order valence-corrected chi connectivity index (χ1v) is 14.8. The van der Waals surface area contributed by atoms with Crippen molar-refractivity contribution in [3.8, 4) is 16.9 Å². The number of methoxy groups -OCH3 is 1. The van der Waals surface area contributed by atoms with Crippen LogP contribution in [0.4, 0.5) is 0 Å². The van der Waals surface area contributed by atoms with Crippen molar-refractivity contribution in [2.45, 2.75) is 45.4 Å². The van der Waals surface area contributed by atoms with Crippen LogP contribution in [0.2, 0.25) is 0 Å². The second-order valence-electron chi connectivity index (χ2n) is 11.8. The Labute approximate surface area is 255 Å². The first-order valence-electron chi connectivity index (χ1n) is 14.8. The predicted octanol–water partition coefficient (Wildman–Crippen LogP) is 1.77. The number of imidazole rings is 1. The van der Waals surface area contributed by atoms with E-state index in [4.69, 9.17) is 9.47 Å². The van der Waals surface area contributed by atoms with Gasteiger partial charge in [-0.05, 0) is 59.2 Å². The number of hydrogen-bond donors (Lipinski definition) is 1. The molecule has 0 bridgehead atoms. The van der Waals surface area contributed by atoms with Gasteiger partial charge in [0, 0.05) is 17.6 Å². The number of β-lactam (4-membered cyclic amide) rings is 1. The van der Waals surface area contributed by atoms with Crippen LogP contribution < -0.4 is 14.4 Å². The van der Waals surface area contributed by atoms with E-state index in [1.807, 2.05) is 61.5 Å². The van der Waals surface area contributed by atoms with Crippen LogP contribution in [0, 0.1) is 11.8 Å². The first kappa shape index (κ1) is 29.4. The molecule has 6 rings (SSSR count). The van der Waals surface area contributed by atoms with E-state index in [0.29, 0.717) is 11.3 Å². The van der Waals surface area contributed by atoms with E-state index < -0.39 is 35.9 Å². The van der Waals surface area contributed by atoms with Gasteiger partial charge >= 0.3 is 5.97 Å². The van der Waals surface area contributed by atoms with Gasteiger partial charge in [-0.15, -0.1) is 0 Å². The molecule has 0 spiro atoms. The molecule has 3 unspecified atom stereocenters. The number of fused-ring (bicyclic) bond motifs is 4. The van der Waals surface area contributed by atoms with Gasteiger partial charge in [0.1, 0.15) is 24.8 Å². The number of amides is 1. The highest BCUT2D eigenvalue weighted by atomic mass is 16.5. The second kappa shape index (κ2) is 11.4. The Bertz CT molecular complexity index is 1730. The molecule has 44 heavy (non-hydrogen) atoms. The zero-order valence-electron chi connectivity index (χ0n) is 25.1. The van der Waals surface area contributed by atoms with Crippen molar-refractivity contribution in [3.05, 3.63) is 89.2 Å². The number of aliphatic carboxylic acids is 1. The first-order chi connectivity index (χ1) is 21.1. The van der Waals surface area contributed by atoms with E-state index in [2.05, 4.69) is 16.7 Å². The zero-order chi connectivity index (χ0) is 31.3. The lowest BCUT2D eigenvalue weighted by Gasteiger charge is -2.47. The van der Waals surface area contributed by atoms with E-state index in [0.717, 1.165) is 52.8 Å². The van der Waals surface area contributed by atoms with Gasteiger partial charge in [0.05, 0.1) is 50.4 Å². The molecule has 1 N–H and O–H groups in total. The topological polar surface area (TPSA) is 125 Å². The fourth-order valence-corrected chi connectivity index (χ4v) is 6.90. The number of esters is 1. The summed E-state index contributed by atoms with van der Waals surface area (Å²) in [5, 5.41) is 22.3. The molecule has 1 aromatic heterocycles. The number of nitrogens with zero attached hydrogens (tertiary/aromatic N) is 3. The summed E-state index contributed by atoms with van der Waals surface area (Å²) in [5.74, 6) is -2.82. The summed E-state index contributed by atoms with van der Waals surface area (Å²) < 4.78 is 15.4. The van der Waals surface area contributed by atoms with Gasteiger partial charge in [0.2, 0.25) is 12.2 Å². The molecule has 2 aliphatic heterocycles. The highest BCUT2D eigenvalue weighted by Gasteiger charge is 2.58. The summed E-state index contributed by atoms with van der Waals surface area (Å²) in [6.45, 7) is 4.19. The lowest BCUT2D eigenvalue weighted by atomic mass is 9.78. The Kier molecular flexibility index (Phi) is 7.63. The third-order valence-corrected chi connectivity index (χ3v) is 9.02. The molecule has 3 aliphatic rings. The SMILES string of the molecule is COC(=O)/C=C1/c2cc(CCCn3cc[n+](C)c3)ccc2-c2c(OCC3=C(C(=O)[O-])N4C(=O)C(C(C)O)C4[C@H]3C)cccc21. The highest BCUT2D eigenvalue weighted by Crippen LogP contribution is 2.50. The van der Waals surface area contributed by atoms with Crippen LogP contribution in [0.1, 0.15) is 37.0 Å². The number of carbonyl (C=O) groups is 3. The number of benzene rings is 2. The van der Waals surface area contributed by atoms with E-state index >= 15 is 0 Å². The van der Waals surface area contributed by atoms with Crippen LogP contribution in [0.5, 0.6) is 5.75 Å². The molecule has 0 saturated carbocycles. The minimum atomic E-state index is -1.44. The van der Waals surface area contributed by atoms with Gasteiger partial charge in [-0.2, -0.15) is 0 Å². The molecule has 4 atom stereocenters. The Hall–Kier alpha value is -4.70. The Morgan fingerprint density at radius 1 is 1.18 bits per heavy atom. The van der Waals surface area contributed by atoms with Crippen LogP contribution in [0.25, 0.3) is 16.7 Å². The van der Waals surface area contributed by atoms with Crippen molar-refractivity contribution in [1.29, 1.82) is 0 Å². The van der Waals surface area contributed by atoms with Crippen LogP contribution in [-0.4, -0.2) is 58.3 Å². The number of ether oxygens (including phenoxy) is 2. The molecular weight excluding hydrogens is 562 g/mol. The Balaban J connectivity index is 1.30. The standard InChI is InChI=1S/C34H35N3O7/c1-19-26(32(34(41)42)37-31(19)29(20(2)38)33(37)40)17-44-27-9-5-8-22-25(16-28(39)43-4)24-15-21(10-11-23(24)30(22)27)7-6-12-36-14-13-35(3)18-36/h5,8-11,13-16,18-20,29,31,38H,6-7,12,17H2,1-4H3/b25-16+/t19-,20?,29?,31?/m0/s1. The molecule has 10 nitrogen and oxygen atoms in total. The monoisotopic (exact) mass is 597 g/mol. The molecule has 228 valence electrons. The molecule has 1 saturated heterocycles. The van der Waals surface area contributed by atoms with Crippen LogP contribution >= 0.6 is 0 Å². The number of carboxylic acids is 1. The Morgan fingerprint density at radius 2 is 1.98 bits per heavy atom. The molecule has 1 amide bonds. The van der Waals surface area contributed by atoms with Crippen molar-refractivity contribution >= 4 is 23.4 Å². The normalized spacial score (nSPS) is 21.6. The largest absolute Gasteiger partial charge is 0.543 e. The van der Waals surface area contributed by atoms with E-state index in [1.165, 1.54) is 25.0 Å². The maximum atomic E-state index is 12.7. The van der Waals surface area contributed by atoms with Crippen molar-refractivity contribution in [2.24, 2.45) is 18.9 Å². The van der Waals surface area contributed by atoms with E-state index in [-0.39, 0.29) is 18.2 Å². The third-order valence-electron chi connectivity index (χ3n) is 9.02. The number of hydrogen-bond acceptors (Lipinski definition) is 7. The molecular formula is C34H35N3O7. The van der Waals surface area contributed by atoms with Crippen LogP contribution in [-0.2, 0) is 39.1 Å². The summed E-state index contributed by atoms with van der Waals surface area (Å²) in [5.41, 5.74) is 5.52. The summed E-state index contributed by atoms with van der Waals surface area (Å²) >= 11 is 0. The quantitative estimate of drug-likeness (QED) is 0.128. The Morgan fingerprint density at radius 3 is 2.66 bits per heavy atom. The molecule has 3 heterocycles. The average Bonchev–Trinajstić information content (AvgIpc) is 3.62. The summed E-state index contributed by atoms with van der Waals surface area (Å²) in [7, 11) is 3.33. The fraction of sp³-hybridized carbons (Fsp3) is 0.353. The average molecular weight is 598 g/mol. The minimum Gasteiger partial charge on any atom is -0.543 e. The van der Waals surface area contributed by atoms with Gasteiger partial charge < -0.3 is 29.4 Å². The van der Waals surface area contributed by atoms with Gasteiger partial charge in [0.25, 0.3) is 0 Å². The third kappa shape index (κ3) is 4.89. The molecule has 1 aliphatic carbocycles. The summed E-state index contributed by atoms with van der Waals surface area (Å²) in [6.07, 6.45) is 8.47. The van der Waals surface area contributed by atoms with Crippen LogP contribution in [0.3, 0.4) is 0 Å². The molecule has 1 fully saturated rings. The number of aliphatic hydroxyl groups excluding tert-OH is 1. The van der Waals surface area contributed by atoms with Crippen molar-refractivity contribution in [2.75, 3.05) is 13.7 Å². The van der Waals surface area contributed by atoms with Gasteiger partial charge in [0.15, 0.2) is 0 Å². The fourth-order valence-electron chi connectivity index (χ4n) is 6.90. The van der Waals surface area contributed by atoms with Crippen LogP contribution in [0.15, 0.2) is 72.5 Å². The minimum absolute atomic E-state index is 0.0750. The van der Waals surface area contributed by atoms with Crippen molar-refractivity contribution < 1.29 is 38.6 Å². The maximum absolute atomic E-state index is 12.7. The molecule has 0 radical (unpaired) electrons. The lowest BCUT2D eigenvalue weighted by molar-refractivity contribution is -0.671. The molecule has 3 aromatic rings.